The average Bonchev–Trinajstić information content (AvgIpc) is 2.87. The Morgan fingerprint density at radius 3 is 3.11 bits per heavy atom. The van der Waals surface area contributed by atoms with Gasteiger partial charge in [-0.3, -0.25) is 0 Å². The van der Waals surface area contributed by atoms with Crippen molar-refractivity contribution >= 4 is 15.9 Å². The van der Waals surface area contributed by atoms with Crippen molar-refractivity contribution in [2.45, 2.75) is 18.9 Å². The molecule has 1 saturated heterocycles. The van der Waals surface area contributed by atoms with Gasteiger partial charge in [-0.05, 0) is 43.0 Å². The van der Waals surface area contributed by atoms with Gasteiger partial charge in [0, 0.05) is 24.2 Å². The minimum absolute atomic E-state index is 0.442. The van der Waals surface area contributed by atoms with Crippen LogP contribution in [0.2, 0.25) is 0 Å². The van der Waals surface area contributed by atoms with Gasteiger partial charge in [-0.2, -0.15) is 0 Å². The van der Waals surface area contributed by atoms with Crippen LogP contribution in [0, 0.1) is 5.92 Å². The topological polar surface area (TPSA) is 41.5 Å². The molecule has 100 valence electrons. The molecule has 1 aliphatic heterocycles. The molecule has 2 atom stereocenters. The molecule has 0 radical (unpaired) electrons. The summed E-state index contributed by atoms with van der Waals surface area (Å²) in [4.78, 5) is 0. The molecule has 1 aliphatic rings. The van der Waals surface area contributed by atoms with Crippen molar-refractivity contribution in [3.8, 4) is 0 Å². The van der Waals surface area contributed by atoms with Crippen LogP contribution >= 0.6 is 15.9 Å². The maximum atomic E-state index is 10.0. The molecule has 18 heavy (non-hydrogen) atoms. The lowest BCUT2D eigenvalue weighted by Crippen LogP contribution is -2.24. The summed E-state index contributed by atoms with van der Waals surface area (Å²) in [6.07, 6.45) is 1.86. The zero-order valence-corrected chi connectivity index (χ0v) is 12.0. The lowest BCUT2D eigenvalue weighted by atomic mass is 10.1. The molecule has 1 heterocycles. The molecular weight excluding hydrogens is 294 g/mol. The SMILES string of the molecule is OC(CNCCC1CCOC1)c1cccc(Br)c1. The molecule has 2 rings (SSSR count). The molecule has 0 bridgehead atoms. The molecule has 3 nitrogen and oxygen atoms in total. The van der Waals surface area contributed by atoms with E-state index in [9.17, 15) is 5.11 Å². The van der Waals surface area contributed by atoms with E-state index in [0.29, 0.717) is 12.5 Å². The Labute approximate surface area is 117 Å². The first-order valence-electron chi connectivity index (χ1n) is 6.47. The third kappa shape index (κ3) is 4.35. The molecule has 0 aliphatic carbocycles. The lowest BCUT2D eigenvalue weighted by molar-refractivity contribution is 0.171. The first-order valence-corrected chi connectivity index (χ1v) is 7.27. The highest BCUT2D eigenvalue weighted by molar-refractivity contribution is 9.10. The molecule has 1 aromatic carbocycles. The Bertz CT molecular complexity index is 367. The quantitative estimate of drug-likeness (QED) is 0.793. The van der Waals surface area contributed by atoms with Crippen molar-refractivity contribution in [3.63, 3.8) is 0 Å². The Kier molecular flexibility index (Phi) is 5.63. The standard InChI is InChI=1S/C14H20BrNO2/c15-13-3-1-2-12(8-13)14(17)9-16-6-4-11-5-7-18-10-11/h1-3,8,11,14,16-17H,4-7,9-10H2. The number of hydrogen-bond acceptors (Lipinski definition) is 3. The Morgan fingerprint density at radius 1 is 1.50 bits per heavy atom. The van der Waals surface area contributed by atoms with Crippen molar-refractivity contribution < 1.29 is 9.84 Å². The molecule has 0 saturated carbocycles. The second-order valence-corrected chi connectivity index (χ2v) is 5.71. The van der Waals surface area contributed by atoms with E-state index < -0.39 is 6.10 Å². The first-order chi connectivity index (χ1) is 8.75. The maximum absolute atomic E-state index is 10.0. The maximum Gasteiger partial charge on any atom is 0.0914 e. The first kappa shape index (κ1) is 14.0. The van der Waals surface area contributed by atoms with E-state index in [4.69, 9.17) is 4.74 Å². The lowest BCUT2D eigenvalue weighted by Gasteiger charge is -2.13. The molecule has 2 N–H and O–H groups in total. The van der Waals surface area contributed by atoms with Crippen LogP contribution in [0.5, 0.6) is 0 Å². The fourth-order valence-electron chi connectivity index (χ4n) is 2.19. The van der Waals surface area contributed by atoms with E-state index in [1.165, 1.54) is 6.42 Å². The van der Waals surface area contributed by atoms with E-state index in [0.717, 1.165) is 36.2 Å². The fraction of sp³-hybridized carbons (Fsp3) is 0.571. The summed E-state index contributed by atoms with van der Waals surface area (Å²) < 4.78 is 6.34. The number of benzene rings is 1. The Hall–Kier alpha value is -0.420. The van der Waals surface area contributed by atoms with Gasteiger partial charge in [-0.1, -0.05) is 28.1 Å². The highest BCUT2D eigenvalue weighted by Gasteiger charge is 2.15. The van der Waals surface area contributed by atoms with Gasteiger partial charge in [0.05, 0.1) is 6.10 Å². The van der Waals surface area contributed by atoms with Gasteiger partial charge >= 0.3 is 0 Å². The van der Waals surface area contributed by atoms with E-state index in [-0.39, 0.29) is 0 Å². The average molecular weight is 314 g/mol. The summed E-state index contributed by atoms with van der Waals surface area (Å²) in [5.74, 6) is 0.695. The normalized spacial score (nSPS) is 21.1. The monoisotopic (exact) mass is 313 g/mol. The third-order valence-electron chi connectivity index (χ3n) is 3.32. The summed E-state index contributed by atoms with van der Waals surface area (Å²) in [5, 5.41) is 13.3. The van der Waals surface area contributed by atoms with Gasteiger partial charge in [-0.25, -0.2) is 0 Å². The molecule has 2 unspecified atom stereocenters. The number of hydrogen-bond donors (Lipinski definition) is 2. The number of aliphatic hydroxyl groups is 1. The molecule has 4 heteroatoms. The van der Waals surface area contributed by atoms with Crippen molar-refractivity contribution in [2.75, 3.05) is 26.3 Å². The molecule has 0 spiro atoms. The molecule has 0 aromatic heterocycles. The van der Waals surface area contributed by atoms with E-state index >= 15 is 0 Å². The molecule has 0 amide bonds. The highest BCUT2D eigenvalue weighted by atomic mass is 79.9. The predicted octanol–water partition coefficient (Wildman–Crippen LogP) is 2.50. The number of aliphatic hydroxyl groups excluding tert-OH is 1. The van der Waals surface area contributed by atoms with Crippen molar-refractivity contribution in [3.05, 3.63) is 34.3 Å². The fourth-order valence-corrected chi connectivity index (χ4v) is 2.60. The summed E-state index contributed by atoms with van der Waals surface area (Å²) >= 11 is 3.41. The molecule has 1 aromatic rings. The summed E-state index contributed by atoms with van der Waals surface area (Å²) in [7, 11) is 0. The van der Waals surface area contributed by atoms with Crippen molar-refractivity contribution in [2.24, 2.45) is 5.92 Å². The van der Waals surface area contributed by atoms with Crippen molar-refractivity contribution in [1.82, 2.24) is 5.32 Å². The van der Waals surface area contributed by atoms with Gasteiger partial charge in [0.2, 0.25) is 0 Å². The molecule has 1 fully saturated rings. The summed E-state index contributed by atoms with van der Waals surface area (Å²) in [5.41, 5.74) is 0.945. The van der Waals surface area contributed by atoms with Crippen LogP contribution in [0.4, 0.5) is 0 Å². The smallest absolute Gasteiger partial charge is 0.0914 e. The van der Waals surface area contributed by atoms with Gasteiger partial charge in [0.15, 0.2) is 0 Å². The predicted molar refractivity (Wildman–Crippen MR) is 75.5 cm³/mol. The van der Waals surface area contributed by atoms with E-state index in [1.807, 2.05) is 24.3 Å². The van der Waals surface area contributed by atoms with Crippen molar-refractivity contribution in [1.29, 1.82) is 0 Å². The number of halogens is 1. The third-order valence-corrected chi connectivity index (χ3v) is 3.82. The van der Waals surface area contributed by atoms with Gasteiger partial charge in [-0.15, -0.1) is 0 Å². The van der Waals surface area contributed by atoms with Gasteiger partial charge < -0.3 is 15.2 Å². The largest absolute Gasteiger partial charge is 0.387 e. The number of nitrogens with one attached hydrogen (secondary N) is 1. The van der Waals surface area contributed by atoms with Crippen LogP contribution in [0.15, 0.2) is 28.7 Å². The van der Waals surface area contributed by atoms with Gasteiger partial charge in [0.1, 0.15) is 0 Å². The van der Waals surface area contributed by atoms with Crippen LogP contribution in [-0.2, 0) is 4.74 Å². The zero-order chi connectivity index (χ0) is 12.8. The number of ether oxygens (including phenoxy) is 1. The summed E-state index contributed by atoms with van der Waals surface area (Å²) in [6, 6.07) is 7.81. The van der Waals surface area contributed by atoms with Crippen LogP contribution in [0.25, 0.3) is 0 Å². The van der Waals surface area contributed by atoms with E-state index in [1.54, 1.807) is 0 Å². The van der Waals surface area contributed by atoms with Crippen LogP contribution in [-0.4, -0.2) is 31.4 Å². The van der Waals surface area contributed by atoms with E-state index in [2.05, 4.69) is 21.2 Å². The molecular formula is C14H20BrNO2. The van der Waals surface area contributed by atoms with Crippen LogP contribution < -0.4 is 5.32 Å². The van der Waals surface area contributed by atoms with Crippen LogP contribution in [0.1, 0.15) is 24.5 Å². The minimum atomic E-state index is -0.442. The minimum Gasteiger partial charge on any atom is -0.387 e. The Morgan fingerprint density at radius 2 is 2.39 bits per heavy atom. The second-order valence-electron chi connectivity index (χ2n) is 4.79. The van der Waals surface area contributed by atoms with Crippen LogP contribution in [0.3, 0.4) is 0 Å². The summed E-state index contributed by atoms with van der Waals surface area (Å²) in [6.45, 7) is 3.35. The zero-order valence-electron chi connectivity index (χ0n) is 10.4. The second kappa shape index (κ2) is 7.24. The van der Waals surface area contributed by atoms with Gasteiger partial charge in [0.25, 0.3) is 0 Å². The highest BCUT2D eigenvalue weighted by Crippen LogP contribution is 2.18. The Balaban J connectivity index is 1.66. The number of rotatable bonds is 6.